The van der Waals surface area contributed by atoms with E-state index < -0.39 is 0 Å². The van der Waals surface area contributed by atoms with Crippen LogP contribution in [0.2, 0.25) is 0 Å². The topological polar surface area (TPSA) is 8.17 Å². The number of fused-ring (bicyclic) bond motifs is 7. The molecule has 0 fully saturated rings. The molecule has 51 heavy (non-hydrogen) atoms. The van der Waals surface area contributed by atoms with Crippen LogP contribution in [0.4, 0.5) is 17.1 Å². The lowest BCUT2D eigenvalue weighted by atomic mass is 9.29. The SMILES string of the molecule is Cc1ccc(N2c3ccc(C)cc3B3c4cc(-c5ccc(-n6c7ccccc7c7ccccc76)cc5)ccc4C(C)(C)c4c(C)ccc2c43)cc1. The Labute approximate surface area is 300 Å². The average molecular weight is 655 g/mol. The van der Waals surface area contributed by atoms with Crippen LogP contribution in [-0.2, 0) is 5.41 Å². The third kappa shape index (κ3) is 4.31. The standard InChI is InChI=1S/C48H39BN2/c1-30-14-21-35(22-15-30)51-44-26-16-31(2)28-41(44)49-40-29-34(20-25-39(40)48(4,5)46-32(3)17-27-45(51)47(46)49)33-18-23-36(24-19-33)50-42-12-8-6-10-37(42)38-11-7-9-13-43(38)50/h6-29H,1-5H3. The van der Waals surface area contributed by atoms with Gasteiger partial charge in [-0.3, -0.25) is 0 Å². The first-order valence-corrected chi connectivity index (χ1v) is 18.1. The van der Waals surface area contributed by atoms with Crippen molar-refractivity contribution >= 4 is 62.0 Å². The number of aryl methyl sites for hydroxylation is 3. The van der Waals surface area contributed by atoms with Gasteiger partial charge in [0.05, 0.1) is 11.0 Å². The molecule has 244 valence electrons. The van der Waals surface area contributed by atoms with Crippen molar-refractivity contribution < 1.29 is 0 Å². The lowest BCUT2D eigenvalue weighted by molar-refractivity contribution is 0.641. The van der Waals surface area contributed by atoms with Crippen LogP contribution in [0.1, 0.15) is 41.7 Å². The van der Waals surface area contributed by atoms with E-state index in [0.717, 1.165) is 0 Å². The third-order valence-corrected chi connectivity index (χ3v) is 11.7. The zero-order valence-corrected chi connectivity index (χ0v) is 29.8. The Morgan fingerprint density at radius 3 is 1.82 bits per heavy atom. The van der Waals surface area contributed by atoms with Crippen LogP contribution in [0, 0.1) is 20.8 Å². The van der Waals surface area contributed by atoms with Crippen molar-refractivity contribution in [3.63, 3.8) is 0 Å². The average Bonchev–Trinajstić information content (AvgIpc) is 3.48. The highest BCUT2D eigenvalue weighted by Gasteiger charge is 2.46. The number of hydrogen-bond acceptors (Lipinski definition) is 1. The van der Waals surface area contributed by atoms with Gasteiger partial charge in [0.25, 0.3) is 0 Å². The number of nitrogens with zero attached hydrogens (tertiary/aromatic N) is 2. The molecule has 0 atom stereocenters. The maximum Gasteiger partial charge on any atom is 0.247 e. The largest absolute Gasteiger partial charge is 0.312 e. The first-order chi connectivity index (χ1) is 24.8. The molecule has 8 aromatic rings. The van der Waals surface area contributed by atoms with Gasteiger partial charge < -0.3 is 9.47 Å². The Bertz CT molecular complexity index is 2640. The number of benzene rings is 7. The molecule has 3 heterocycles. The fraction of sp³-hybridized carbons (Fsp3) is 0.125. The quantitative estimate of drug-likeness (QED) is 0.172. The van der Waals surface area contributed by atoms with E-state index in [-0.39, 0.29) is 12.1 Å². The van der Waals surface area contributed by atoms with Crippen LogP contribution in [0.25, 0.3) is 38.6 Å². The molecule has 3 heteroatoms. The fourth-order valence-electron chi connectivity index (χ4n) is 9.41. The highest BCUT2D eigenvalue weighted by atomic mass is 15.1. The summed E-state index contributed by atoms with van der Waals surface area (Å²) < 4.78 is 2.39. The van der Waals surface area contributed by atoms with Crippen molar-refractivity contribution in [3.05, 3.63) is 173 Å². The minimum Gasteiger partial charge on any atom is -0.312 e. The molecule has 7 aromatic carbocycles. The van der Waals surface area contributed by atoms with Crippen molar-refractivity contribution in [1.29, 1.82) is 0 Å². The molecule has 0 N–H and O–H groups in total. The van der Waals surface area contributed by atoms with E-state index in [2.05, 4.69) is 190 Å². The van der Waals surface area contributed by atoms with Crippen LogP contribution in [-0.4, -0.2) is 11.3 Å². The van der Waals surface area contributed by atoms with Gasteiger partial charge in [0.2, 0.25) is 6.71 Å². The van der Waals surface area contributed by atoms with Crippen LogP contribution < -0.4 is 21.3 Å². The lowest BCUT2D eigenvalue weighted by Crippen LogP contribution is -2.64. The second kappa shape index (κ2) is 10.9. The third-order valence-electron chi connectivity index (χ3n) is 11.7. The summed E-state index contributed by atoms with van der Waals surface area (Å²) in [6, 6.07) is 54.6. The van der Waals surface area contributed by atoms with Crippen LogP contribution in [0.3, 0.4) is 0 Å². The van der Waals surface area contributed by atoms with Crippen LogP contribution in [0.5, 0.6) is 0 Å². The number of anilines is 3. The van der Waals surface area contributed by atoms with Gasteiger partial charge in [0.15, 0.2) is 0 Å². The summed E-state index contributed by atoms with van der Waals surface area (Å²) in [6.07, 6.45) is 0. The van der Waals surface area contributed by atoms with Crippen molar-refractivity contribution in [3.8, 4) is 16.8 Å². The van der Waals surface area contributed by atoms with E-state index in [1.54, 1.807) is 0 Å². The molecular weight excluding hydrogens is 615 g/mol. The molecule has 1 aromatic heterocycles. The number of aromatic nitrogens is 1. The van der Waals surface area contributed by atoms with Gasteiger partial charge in [-0.2, -0.15) is 0 Å². The molecular formula is C48H39BN2. The van der Waals surface area contributed by atoms with E-state index in [4.69, 9.17) is 0 Å². The Kier molecular flexibility index (Phi) is 6.40. The van der Waals surface area contributed by atoms with Gasteiger partial charge in [0, 0.05) is 38.9 Å². The summed E-state index contributed by atoms with van der Waals surface area (Å²) in [5.74, 6) is 0. The second-order valence-electron chi connectivity index (χ2n) is 15.2. The van der Waals surface area contributed by atoms with Gasteiger partial charge in [-0.25, -0.2) is 0 Å². The monoisotopic (exact) mass is 654 g/mol. The molecule has 0 saturated heterocycles. The van der Waals surface area contributed by atoms with E-state index in [1.807, 2.05) is 0 Å². The predicted molar refractivity (Wildman–Crippen MR) is 218 cm³/mol. The molecule has 0 saturated carbocycles. The fourth-order valence-corrected chi connectivity index (χ4v) is 9.41. The molecule has 2 aliphatic heterocycles. The Hall–Kier alpha value is -5.80. The van der Waals surface area contributed by atoms with Gasteiger partial charge in [0.1, 0.15) is 0 Å². The molecule has 0 spiro atoms. The highest BCUT2D eigenvalue weighted by molar-refractivity contribution is 6.99. The van der Waals surface area contributed by atoms with Crippen molar-refractivity contribution in [1.82, 2.24) is 4.57 Å². The molecule has 0 amide bonds. The Morgan fingerprint density at radius 2 is 1.12 bits per heavy atom. The molecule has 0 radical (unpaired) electrons. The van der Waals surface area contributed by atoms with Gasteiger partial charge in [-0.05, 0) is 108 Å². The van der Waals surface area contributed by atoms with Crippen molar-refractivity contribution in [2.24, 2.45) is 0 Å². The van der Waals surface area contributed by atoms with E-state index in [1.165, 1.54) is 99.9 Å². The lowest BCUT2D eigenvalue weighted by Gasteiger charge is -2.46. The van der Waals surface area contributed by atoms with E-state index in [0.29, 0.717) is 0 Å². The molecule has 0 bridgehead atoms. The first-order valence-electron chi connectivity index (χ1n) is 18.1. The van der Waals surface area contributed by atoms with Crippen LogP contribution in [0.15, 0.2) is 146 Å². The molecule has 10 rings (SSSR count). The van der Waals surface area contributed by atoms with Crippen molar-refractivity contribution in [2.75, 3.05) is 4.90 Å². The van der Waals surface area contributed by atoms with Gasteiger partial charge >= 0.3 is 0 Å². The minimum atomic E-state index is -0.152. The summed E-state index contributed by atoms with van der Waals surface area (Å²) in [7, 11) is 0. The summed E-state index contributed by atoms with van der Waals surface area (Å²) >= 11 is 0. The van der Waals surface area contributed by atoms with Gasteiger partial charge in [-0.15, -0.1) is 0 Å². The highest BCUT2D eigenvalue weighted by Crippen LogP contribution is 2.44. The van der Waals surface area contributed by atoms with E-state index >= 15 is 0 Å². The Morgan fingerprint density at radius 1 is 0.510 bits per heavy atom. The normalized spacial score (nSPS) is 14.1. The molecule has 0 aliphatic carbocycles. The molecule has 2 nitrogen and oxygen atoms in total. The van der Waals surface area contributed by atoms with E-state index in [9.17, 15) is 0 Å². The summed E-state index contributed by atoms with van der Waals surface area (Å²) in [5.41, 5.74) is 20.8. The van der Waals surface area contributed by atoms with Crippen molar-refractivity contribution in [2.45, 2.75) is 40.0 Å². The number of rotatable bonds is 3. The van der Waals surface area contributed by atoms with Gasteiger partial charge in [-0.1, -0.05) is 127 Å². The summed E-state index contributed by atoms with van der Waals surface area (Å²) in [6.45, 7) is 11.7. The smallest absolute Gasteiger partial charge is 0.247 e. The number of hydrogen-bond donors (Lipinski definition) is 0. The summed E-state index contributed by atoms with van der Waals surface area (Å²) in [4.78, 5) is 2.50. The minimum absolute atomic E-state index is 0.145. The maximum absolute atomic E-state index is 2.50. The molecule has 0 unspecified atom stereocenters. The molecule has 2 aliphatic rings. The summed E-state index contributed by atoms with van der Waals surface area (Å²) in [5, 5.41) is 2.57. The van der Waals surface area contributed by atoms with Crippen LogP contribution >= 0.6 is 0 Å². The second-order valence-corrected chi connectivity index (χ2v) is 15.2. The Balaban J connectivity index is 1.15. The number of para-hydroxylation sites is 2. The maximum atomic E-state index is 2.50. The first kappa shape index (κ1) is 30.1. The zero-order valence-electron chi connectivity index (χ0n) is 29.8. The predicted octanol–water partition coefficient (Wildman–Crippen LogP) is 10.3. The zero-order chi connectivity index (χ0) is 34.6.